The summed E-state index contributed by atoms with van der Waals surface area (Å²) >= 11 is 0. The molecule has 0 aromatic heterocycles. The van der Waals surface area contributed by atoms with Crippen molar-refractivity contribution in [2.24, 2.45) is 4.99 Å². The van der Waals surface area contributed by atoms with E-state index in [0.717, 1.165) is 0 Å². The van der Waals surface area contributed by atoms with Gasteiger partial charge in [0.1, 0.15) is 6.04 Å². The fraction of sp³-hybridized carbons (Fsp3) is 0.600. The van der Waals surface area contributed by atoms with Crippen LogP contribution in [0, 0.1) is 0 Å². The molecule has 1 atom stereocenters. The van der Waals surface area contributed by atoms with Crippen LogP contribution in [0.1, 0.15) is 13.8 Å². The maximum atomic E-state index is 10.2. The smallest absolute Gasteiger partial charge is 0.153 e. The van der Waals surface area contributed by atoms with Crippen LogP contribution in [-0.2, 0) is 4.79 Å². The second kappa shape index (κ2) is 2.50. The molecular weight excluding hydrogens is 90.1 g/mol. The molecule has 0 aliphatic rings. The molecule has 0 aliphatic carbocycles. The number of ketones is 1. The van der Waals surface area contributed by atoms with Crippen molar-refractivity contribution in [1.29, 1.82) is 0 Å². The van der Waals surface area contributed by atoms with Crippen LogP contribution in [-0.4, -0.2) is 18.5 Å². The largest absolute Gasteiger partial charge is 0.298 e. The molecule has 0 aromatic carbocycles. The van der Waals surface area contributed by atoms with E-state index in [9.17, 15) is 4.79 Å². The van der Waals surface area contributed by atoms with E-state index in [4.69, 9.17) is 0 Å². The summed E-state index contributed by atoms with van der Waals surface area (Å²) in [6.07, 6.45) is 0. The van der Waals surface area contributed by atoms with Gasteiger partial charge < -0.3 is 0 Å². The van der Waals surface area contributed by atoms with Crippen LogP contribution in [0.5, 0.6) is 0 Å². The zero-order valence-electron chi connectivity index (χ0n) is 4.64. The lowest BCUT2D eigenvalue weighted by molar-refractivity contribution is -0.117. The molecule has 0 radical (unpaired) electrons. The Hall–Kier alpha value is -0.660. The molecule has 1 unspecified atom stereocenters. The van der Waals surface area contributed by atoms with Gasteiger partial charge in [-0.2, -0.15) is 0 Å². The Bertz CT molecular complexity index is 88.1. The Labute approximate surface area is 43.3 Å². The number of carbonyl (C=O) groups excluding carboxylic acids is 1. The van der Waals surface area contributed by atoms with Gasteiger partial charge >= 0.3 is 0 Å². The van der Waals surface area contributed by atoms with Crippen molar-refractivity contribution >= 4 is 12.5 Å². The monoisotopic (exact) mass is 99.1 g/mol. The van der Waals surface area contributed by atoms with Gasteiger partial charge in [0.2, 0.25) is 0 Å². The molecule has 2 heteroatoms. The fourth-order valence-corrected chi connectivity index (χ4v) is 0.129. The number of nitrogens with zero attached hydrogens (tertiary/aromatic N) is 1. The molecule has 0 saturated heterocycles. The number of rotatable bonds is 2. The van der Waals surface area contributed by atoms with Crippen molar-refractivity contribution in [3.63, 3.8) is 0 Å². The Balaban J connectivity index is 3.55. The van der Waals surface area contributed by atoms with Gasteiger partial charge in [-0.3, -0.25) is 9.79 Å². The Morgan fingerprint density at radius 2 is 2.29 bits per heavy atom. The normalized spacial score (nSPS) is 12.9. The van der Waals surface area contributed by atoms with Gasteiger partial charge in [0.15, 0.2) is 5.78 Å². The van der Waals surface area contributed by atoms with Gasteiger partial charge in [0.25, 0.3) is 0 Å². The van der Waals surface area contributed by atoms with E-state index in [0.29, 0.717) is 0 Å². The average molecular weight is 99.1 g/mol. The summed E-state index contributed by atoms with van der Waals surface area (Å²) in [5.41, 5.74) is 0. The van der Waals surface area contributed by atoms with Gasteiger partial charge in [-0.1, -0.05) is 0 Å². The highest BCUT2D eigenvalue weighted by Crippen LogP contribution is 1.85. The number of hydrogen-bond acceptors (Lipinski definition) is 2. The van der Waals surface area contributed by atoms with Gasteiger partial charge in [-0.15, -0.1) is 0 Å². The molecule has 0 fully saturated rings. The van der Waals surface area contributed by atoms with E-state index >= 15 is 0 Å². The van der Waals surface area contributed by atoms with Crippen LogP contribution >= 0.6 is 0 Å². The molecule has 0 aliphatic heterocycles. The molecule has 2 nitrogen and oxygen atoms in total. The third kappa shape index (κ3) is 2.09. The molecule has 0 saturated carbocycles. The van der Waals surface area contributed by atoms with Crippen LogP contribution in [0.15, 0.2) is 4.99 Å². The van der Waals surface area contributed by atoms with Gasteiger partial charge in [0, 0.05) is 0 Å². The fourth-order valence-electron chi connectivity index (χ4n) is 0.129. The van der Waals surface area contributed by atoms with Gasteiger partial charge in [-0.25, -0.2) is 0 Å². The van der Waals surface area contributed by atoms with Gasteiger partial charge in [0.05, 0.1) is 0 Å². The number of Topliss-reactive ketones (excluding diaryl/α,β-unsaturated/α-hetero) is 1. The highest BCUT2D eigenvalue weighted by Gasteiger charge is 1.99. The van der Waals surface area contributed by atoms with E-state index in [1.54, 1.807) is 6.92 Å². The summed E-state index contributed by atoms with van der Waals surface area (Å²) in [7, 11) is 0. The Morgan fingerprint density at radius 3 is 2.29 bits per heavy atom. The van der Waals surface area contributed by atoms with E-state index in [-0.39, 0.29) is 11.8 Å². The van der Waals surface area contributed by atoms with E-state index < -0.39 is 0 Å². The van der Waals surface area contributed by atoms with Crippen molar-refractivity contribution in [2.45, 2.75) is 19.9 Å². The third-order valence-corrected chi connectivity index (χ3v) is 0.862. The molecule has 40 valence electrons. The van der Waals surface area contributed by atoms with Crippen LogP contribution in [0.4, 0.5) is 0 Å². The SMILES string of the molecule is C=NC(C)C(C)=O. The minimum atomic E-state index is -0.222. The van der Waals surface area contributed by atoms with Crippen molar-refractivity contribution in [3.05, 3.63) is 0 Å². The molecule has 0 spiro atoms. The predicted octanol–water partition coefficient (Wildman–Crippen LogP) is 0.665. The summed E-state index contributed by atoms with van der Waals surface area (Å²) in [4.78, 5) is 13.7. The third-order valence-electron chi connectivity index (χ3n) is 0.862. The molecular formula is C5H9NO. The van der Waals surface area contributed by atoms with Crippen LogP contribution < -0.4 is 0 Å². The summed E-state index contributed by atoms with van der Waals surface area (Å²) in [6, 6.07) is -0.222. The van der Waals surface area contributed by atoms with Crippen LogP contribution in [0.2, 0.25) is 0 Å². The molecule has 0 amide bonds. The van der Waals surface area contributed by atoms with Crippen LogP contribution in [0.3, 0.4) is 0 Å². The number of carbonyl (C=O) groups is 1. The van der Waals surface area contributed by atoms with E-state index in [2.05, 4.69) is 11.7 Å². The molecule has 0 aromatic rings. The van der Waals surface area contributed by atoms with E-state index in [1.807, 2.05) is 0 Å². The molecule has 7 heavy (non-hydrogen) atoms. The minimum Gasteiger partial charge on any atom is -0.298 e. The summed E-state index contributed by atoms with van der Waals surface area (Å²) in [6.45, 7) is 6.43. The number of aliphatic imine (C=N–C) groups is 1. The van der Waals surface area contributed by atoms with Crippen molar-refractivity contribution in [3.8, 4) is 0 Å². The maximum Gasteiger partial charge on any atom is 0.153 e. The summed E-state index contributed by atoms with van der Waals surface area (Å²) in [5, 5.41) is 0. The average Bonchev–Trinajstić information content (AvgIpc) is 1.65. The van der Waals surface area contributed by atoms with Crippen molar-refractivity contribution in [1.82, 2.24) is 0 Å². The van der Waals surface area contributed by atoms with Crippen molar-refractivity contribution in [2.75, 3.05) is 0 Å². The molecule has 0 N–H and O–H groups in total. The zero-order chi connectivity index (χ0) is 5.86. The maximum absolute atomic E-state index is 10.2. The first-order chi connectivity index (χ1) is 3.18. The second-order valence-corrected chi connectivity index (χ2v) is 1.47. The molecule has 0 rings (SSSR count). The molecule has 0 bridgehead atoms. The van der Waals surface area contributed by atoms with E-state index in [1.165, 1.54) is 6.92 Å². The quantitative estimate of drug-likeness (QED) is 0.468. The number of hydrogen-bond donors (Lipinski definition) is 0. The first-order valence-corrected chi connectivity index (χ1v) is 2.14. The second-order valence-electron chi connectivity index (χ2n) is 1.47. The topological polar surface area (TPSA) is 29.4 Å². The standard InChI is InChI=1S/C5H9NO/c1-4(6-3)5(2)7/h4H,3H2,1-2H3. The highest BCUT2D eigenvalue weighted by atomic mass is 16.1. The Morgan fingerprint density at radius 1 is 1.86 bits per heavy atom. The summed E-state index contributed by atoms with van der Waals surface area (Å²) < 4.78 is 0. The lowest BCUT2D eigenvalue weighted by Crippen LogP contribution is -2.08. The minimum absolute atomic E-state index is 0.0648. The first-order valence-electron chi connectivity index (χ1n) is 2.14. The van der Waals surface area contributed by atoms with Crippen molar-refractivity contribution < 1.29 is 4.79 Å². The van der Waals surface area contributed by atoms with Crippen LogP contribution in [0.25, 0.3) is 0 Å². The zero-order valence-corrected chi connectivity index (χ0v) is 4.64. The predicted molar refractivity (Wildman–Crippen MR) is 29.7 cm³/mol. The lowest BCUT2D eigenvalue weighted by Gasteiger charge is -1.93. The summed E-state index contributed by atoms with van der Waals surface area (Å²) in [5.74, 6) is 0.0648. The molecule has 0 heterocycles. The first kappa shape index (κ1) is 6.34. The van der Waals surface area contributed by atoms with Gasteiger partial charge in [-0.05, 0) is 20.6 Å². The Kier molecular flexibility index (Phi) is 2.27. The highest BCUT2D eigenvalue weighted by molar-refractivity contribution is 5.81. The lowest BCUT2D eigenvalue weighted by atomic mass is 10.3.